The fourth-order valence-corrected chi connectivity index (χ4v) is 5.86. The topological polar surface area (TPSA) is 59.5 Å². The Hall–Kier alpha value is -1.96. The molecule has 5 nitrogen and oxygen atoms in total. The highest BCUT2D eigenvalue weighted by molar-refractivity contribution is 7.89. The largest absolute Gasteiger partial charge is 0.467 e. The van der Waals surface area contributed by atoms with E-state index in [0.717, 1.165) is 15.8 Å². The van der Waals surface area contributed by atoms with Crippen molar-refractivity contribution in [2.24, 2.45) is 0 Å². The molecule has 0 atom stereocenters. The molecule has 0 spiro atoms. The zero-order chi connectivity index (χ0) is 20.6. The van der Waals surface area contributed by atoms with E-state index >= 15 is 0 Å². The summed E-state index contributed by atoms with van der Waals surface area (Å²) in [5, 5.41) is 0.658. The number of rotatable bonds is 4. The van der Waals surface area contributed by atoms with Crippen LogP contribution in [-0.4, -0.2) is 36.9 Å². The number of sulfonamides is 1. The van der Waals surface area contributed by atoms with Crippen LogP contribution in [-0.2, 0) is 15.4 Å². The van der Waals surface area contributed by atoms with Gasteiger partial charge in [0, 0.05) is 13.1 Å². The molecule has 0 radical (unpaired) electrons. The molecule has 2 aromatic carbocycles. The van der Waals surface area contributed by atoms with Crippen LogP contribution >= 0.6 is 11.3 Å². The van der Waals surface area contributed by atoms with E-state index in [1.54, 1.807) is 16.4 Å². The van der Waals surface area contributed by atoms with Gasteiger partial charge in [-0.05, 0) is 48.1 Å². The fourth-order valence-electron chi connectivity index (χ4n) is 3.51. The Morgan fingerprint density at radius 1 is 1.03 bits per heavy atom. The van der Waals surface area contributed by atoms with Crippen molar-refractivity contribution < 1.29 is 13.2 Å². The lowest BCUT2D eigenvalue weighted by Crippen LogP contribution is -2.41. The van der Waals surface area contributed by atoms with Crippen molar-refractivity contribution in [3.63, 3.8) is 0 Å². The molecule has 0 bridgehead atoms. The highest BCUT2D eigenvalue weighted by Crippen LogP contribution is 2.31. The predicted molar refractivity (Wildman–Crippen MR) is 117 cm³/mol. The van der Waals surface area contributed by atoms with Crippen molar-refractivity contribution in [1.82, 2.24) is 9.29 Å². The van der Waals surface area contributed by atoms with Gasteiger partial charge in [-0.2, -0.15) is 4.31 Å². The van der Waals surface area contributed by atoms with Crippen LogP contribution in [0.15, 0.2) is 53.4 Å². The average molecular weight is 431 g/mol. The van der Waals surface area contributed by atoms with Crippen LogP contribution < -0.4 is 4.74 Å². The third kappa shape index (κ3) is 4.32. The van der Waals surface area contributed by atoms with Crippen molar-refractivity contribution in [1.29, 1.82) is 0 Å². The molecule has 4 rings (SSSR count). The second-order valence-corrected chi connectivity index (χ2v) is 11.4. The number of ether oxygens (including phenoxy) is 1. The Morgan fingerprint density at radius 2 is 1.69 bits per heavy atom. The van der Waals surface area contributed by atoms with Crippen LogP contribution in [0.4, 0.5) is 0 Å². The minimum absolute atomic E-state index is 0.00138. The van der Waals surface area contributed by atoms with E-state index in [2.05, 4.69) is 25.8 Å². The SMILES string of the molecule is CC(C)(C)c1ccc(S(=O)(=O)N2CCC(Oc3nc4ccccc4s3)CC2)cc1. The van der Waals surface area contributed by atoms with Gasteiger partial charge < -0.3 is 4.74 Å². The number of para-hydroxylation sites is 1. The third-order valence-corrected chi connectivity index (χ3v) is 8.14. The van der Waals surface area contributed by atoms with E-state index in [0.29, 0.717) is 36.0 Å². The molecule has 1 fully saturated rings. The second-order valence-electron chi connectivity index (χ2n) is 8.44. The van der Waals surface area contributed by atoms with Gasteiger partial charge in [0.25, 0.3) is 5.19 Å². The first kappa shape index (κ1) is 20.3. The second kappa shape index (κ2) is 7.70. The molecule has 154 valence electrons. The highest BCUT2D eigenvalue weighted by atomic mass is 32.2. The Morgan fingerprint density at radius 3 is 2.31 bits per heavy atom. The van der Waals surface area contributed by atoms with Gasteiger partial charge in [0.2, 0.25) is 10.0 Å². The summed E-state index contributed by atoms with van der Waals surface area (Å²) in [6.45, 7) is 7.27. The minimum Gasteiger partial charge on any atom is -0.467 e. The quantitative estimate of drug-likeness (QED) is 0.595. The Labute approximate surface area is 176 Å². The Kier molecular flexibility index (Phi) is 5.40. The molecule has 1 aliphatic heterocycles. The molecule has 1 aromatic heterocycles. The zero-order valence-electron chi connectivity index (χ0n) is 17.0. The fraction of sp³-hybridized carbons (Fsp3) is 0.409. The van der Waals surface area contributed by atoms with Crippen molar-refractivity contribution in [3.8, 4) is 5.19 Å². The predicted octanol–water partition coefficient (Wildman–Crippen LogP) is 4.83. The maximum atomic E-state index is 13.0. The first-order chi connectivity index (χ1) is 13.7. The van der Waals surface area contributed by atoms with Gasteiger partial charge in [-0.1, -0.05) is 56.4 Å². The lowest BCUT2D eigenvalue weighted by atomic mass is 9.87. The van der Waals surface area contributed by atoms with E-state index < -0.39 is 10.0 Å². The van der Waals surface area contributed by atoms with Crippen LogP contribution in [0.25, 0.3) is 10.2 Å². The lowest BCUT2D eigenvalue weighted by molar-refractivity contribution is 0.135. The molecule has 0 amide bonds. The van der Waals surface area contributed by atoms with E-state index in [4.69, 9.17) is 4.74 Å². The smallest absolute Gasteiger partial charge is 0.274 e. The molecule has 0 N–H and O–H groups in total. The first-order valence-corrected chi connectivity index (χ1v) is 12.1. The molecule has 1 aliphatic rings. The Bertz CT molecular complexity index is 1060. The Balaban J connectivity index is 1.40. The number of aromatic nitrogens is 1. The van der Waals surface area contributed by atoms with Gasteiger partial charge in [0.15, 0.2) is 0 Å². The van der Waals surface area contributed by atoms with Crippen LogP contribution in [0.5, 0.6) is 5.19 Å². The number of fused-ring (bicyclic) bond motifs is 1. The maximum Gasteiger partial charge on any atom is 0.274 e. The molecular weight excluding hydrogens is 404 g/mol. The molecule has 0 saturated carbocycles. The van der Waals surface area contributed by atoms with Gasteiger partial charge >= 0.3 is 0 Å². The molecule has 0 aliphatic carbocycles. The van der Waals surface area contributed by atoms with Crippen molar-refractivity contribution in [2.75, 3.05) is 13.1 Å². The number of nitrogens with zero attached hydrogens (tertiary/aromatic N) is 2. The summed E-state index contributed by atoms with van der Waals surface area (Å²) in [5.41, 5.74) is 2.06. The minimum atomic E-state index is -3.48. The zero-order valence-corrected chi connectivity index (χ0v) is 18.6. The van der Waals surface area contributed by atoms with Crippen LogP contribution in [0.2, 0.25) is 0 Å². The molecule has 0 unspecified atom stereocenters. The summed E-state index contributed by atoms with van der Waals surface area (Å²) in [6, 6.07) is 15.2. The maximum absolute atomic E-state index is 13.0. The van der Waals surface area contributed by atoms with E-state index in [1.165, 1.54) is 11.3 Å². The van der Waals surface area contributed by atoms with Gasteiger partial charge in [-0.25, -0.2) is 13.4 Å². The average Bonchev–Trinajstić information content (AvgIpc) is 3.10. The van der Waals surface area contributed by atoms with Crippen LogP contribution in [0.3, 0.4) is 0 Å². The summed E-state index contributed by atoms with van der Waals surface area (Å²) in [6.07, 6.45) is 1.31. The molecule has 1 saturated heterocycles. The summed E-state index contributed by atoms with van der Waals surface area (Å²) >= 11 is 1.53. The van der Waals surface area contributed by atoms with E-state index in [1.807, 2.05) is 36.4 Å². The summed E-state index contributed by atoms with van der Waals surface area (Å²) < 4.78 is 34.7. The summed E-state index contributed by atoms with van der Waals surface area (Å²) in [5.74, 6) is 0. The van der Waals surface area contributed by atoms with Gasteiger partial charge in [0.05, 0.1) is 15.1 Å². The normalized spacial score (nSPS) is 16.9. The number of thiazole rings is 1. The summed E-state index contributed by atoms with van der Waals surface area (Å²) in [7, 11) is -3.48. The van der Waals surface area contributed by atoms with Gasteiger partial charge in [-0.3, -0.25) is 0 Å². The molecule has 3 aromatic rings. The van der Waals surface area contributed by atoms with Crippen molar-refractivity contribution in [3.05, 3.63) is 54.1 Å². The molecular formula is C22H26N2O3S2. The molecule has 2 heterocycles. The standard InChI is InChI=1S/C22H26N2O3S2/c1-22(2,3)16-8-10-18(11-9-16)29(25,26)24-14-12-17(13-15-24)27-21-23-19-6-4-5-7-20(19)28-21/h4-11,17H,12-15H2,1-3H3. The van der Waals surface area contributed by atoms with Crippen LogP contribution in [0, 0.1) is 0 Å². The monoisotopic (exact) mass is 430 g/mol. The van der Waals surface area contributed by atoms with Crippen molar-refractivity contribution in [2.45, 2.75) is 50.0 Å². The highest BCUT2D eigenvalue weighted by Gasteiger charge is 2.30. The molecule has 29 heavy (non-hydrogen) atoms. The third-order valence-electron chi connectivity index (χ3n) is 5.30. The summed E-state index contributed by atoms with van der Waals surface area (Å²) in [4.78, 5) is 4.87. The van der Waals surface area contributed by atoms with E-state index in [-0.39, 0.29) is 11.5 Å². The number of benzene rings is 2. The molecule has 7 heteroatoms. The number of hydrogen-bond donors (Lipinski definition) is 0. The first-order valence-electron chi connectivity index (χ1n) is 9.86. The van der Waals surface area contributed by atoms with Gasteiger partial charge in [0.1, 0.15) is 6.10 Å². The van der Waals surface area contributed by atoms with Crippen molar-refractivity contribution >= 4 is 31.6 Å². The van der Waals surface area contributed by atoms with Crippen LogP contribution in [0.1, 0.15) is 39.2 Å². The number of hydrogen-bond acceptors (Lipinski definition) is 5. The van der Waals surface area contributed by atoms with E-state index in [9.17, 15) is 8.42 Å². The lowest BCUT2D eigenvalue weighted by Gasteiger charge is -2.31. The van der Waals surface area contributed by atoms with Gasteiger partial charge in [-0.15, -0.1) is 0 Å². The number of piperidine rings is 1.